The lowest BCUT2D eigenvalue weighted by Crippen LogP contribution is -2.40. The third-order valence-corrected chi connectivity index (χ3v) is 5.96. The van der Waals surface area contributed by atoms with Crippen molar-refractivity contribution in [2.45, 2.75) is 47.0 Å². The number of imide groups is 1. The Morgan fingerprint density at radius 2 is 1.73 bits per heavy atom. The van der Waals surface area contributed by atoms with Crippen molar-refractivity contribution in [1.29, 1.82) is 0 Å². The fourth-order valence-corrected chi connectivity index (χ4v) is 4.07. The molecule has 170 valence electrons. The van der Waals surface area contributed by atoms with Crippen LogP contribution >= 0.6 is 0 Å². The summed E-state index contributed by atoms with van der Waals surface area (Å²) in [6.45, 7) is 9.98. The molecule has 3 heterocycles. The van der Waals surface area contributed by atoms with E-state index < -0.39 is 17.7 Å². The van der Waals surface area contributed by atoms with Crippen LogP contribution in [0.2, 0.25) is 0 Å². The number of amides is 2. The van der Waals surface area contributed by atoms with E-state index >= 15 is 0 Å². The van der Waals surface area contributed by atoms with Gasteiger partial charge in [-0.1, -0.05) is 39.0 Å². The highest BCUT2D eigenvalue weighted by Crippen LogP contribution is 2.39. The lowest BCUT2D eigenvalue weighted by Gasteiger charge is -2.15. The van der Waals surface area contributed by atoms with Crippen LogP contribution in [-0.2, 0) is 9.59 Å². The molecule has 7 nitrogen and oxygen atoms in total. The predicted molar refractivity (Wildman–Crippen MR) is 123 cm³/mol. The molecule has 1 aromatic carbocycles. The number of aryl methyl sites for hydroxylation is 2. The molecule has 2 aromatic heterocycles. The Kier molecular flexibility index (Phi) is 5.89. The molecule has 4 rings (SSSR count). The Balaban J connectivity index is 2.03. The number of carbonyl (C=O) groups excluding carboxylic acids is 2. The molecular weight excluding hydrogens is 416 g/mol. The van der Waals surface area contributed by atoms with Gasteiger partial charge in [0.2, 0.25) is 0 Å². The predicted octanol–water partition coefficient (Wildman–Crippen LogP) is 3.12. The number of pyridine rings is 1. The first-order valence-electron chi connectivity index (χ1n) is 11.2. The number of carbonyl (C=O) groups is 2. The minimum atomic E-state index is -0.450. The lowest BCUT2D eigenvalue weighted by atomic mass is 9.98. The quantitative estimate of drug-likeness (QED) is 0.432. The van der Waals surface area contributed by atoms with Gasteiger partial charge in [-0.05, 0) is 49.8 Å². The maximum Gasteiger partial charge on any atom is 0.326 e. The number of para-hydroxylation sites is 1. The van der Waals surface area contributed by atoms with Crippen LogP contribution in [0.3, 0.4) is 0 Å². The van der Waals surface area contributed by atoms with E-state index in [9.17, 15) is 14.7 Å². The van der Waals surface area contributed by atoms with Crippen LogP contribution in [0.5, 0.6) is 5.88 Å². The van der Waals surface area contributed by atoms with Crippen LogP contribution < -0.4 is 9.67 Å². The van der Waals surface area contributed by atoms with Crippen LogP contribution in [0.25, 0.3) is 17.0 Å². The standard InChI is InChI=1S/C26H28N4O3/c1-6-13-29-24(31)21(23(26(29)33)28-14-12-17(4)18(5)15-28)20-22(16(2)3)27-30(25(20)32)19-10-8-7-9-11-19/h7-12,14-16H,6,13H2,1-5H3. The molecular formula is C26H28N4O3. The summed E-state index contributed by atoms with van der Waals surface area (Å²) in [4.78, 5) is 28.3. The van der Waals surface area contributed by atoms with E-state index in [1.54, 1.807) is 22.9 Å². The fourth-order valence-electron chi connectivity index (χ4n) is 4.07. The Morgan fingerprint density at radius 3 is 2.33 bits per heavy atom. The molecule has 0 radical (unpaired) electrons. The van der Waals surface area contributed by atoms with Crippen molar-refractivity contribution in [3.05, 3.63) is 71.2 Å². The number of hydrogen-bond acceptors (Lipinski definition) is 4. The van der Waals surface area contributed by atoms with E-state index in [0.717, 1.165) is 11.1 Å². The van der Waals surface area contributed by atoms with Gasteiger partial charge < -0.3 is 5.11 Å². The second-order valence-electron chi connectivity index (χ2n) is 8.67. The van der Waals surface area contributed by atoms with Crippen molar-refractivity contribution < 1.29 is 19.3 Å². The Labute approximate surface area is 193 Å². The van der Waals surface area contributed by atoms with Crippen LogP contribution in [0, 0.1) is 13.8 Å². The first-order valence-corrected chi connectivity index (χ1v) is 11.2. The molecule has 0 saturated carbocycles. The molecule has 0 saturated heterocycles. The molecule has 0 spiro atoms. The van der Waals surface area contributed by atoms with Gasteiger partial charge in [0.05, 0.1) is 11.4 Å². The molecule has 0 N–H and O–H groups in total. The van der Waals surface area contributed by atoms with Crippen LogP contribution in [0.1, 0.15) is 55.5 Å². The van der Waals surface area contributed by atoms with Crippen LogP contribution in [-0.4, -0.2) is 33.0 Å². The topological polar surface area (TPSA) is 82.1 Å². The molecule has 1 aliphatic rings. The zero-order valence-corrected chi connectivity index (χ0v) is 19.6. The van der Waals surface area contributed by atoms with Crippen molar-refractivity contribution in [1.82, 2.24) is 14.7 Å². The summed E-state index contributed by atoms with van der Waals surface area (Å²) < 4.78 is 2.98. The third kappa shape index (κ3) is 3.73. The summed E-state index contributed by atoms with van der Waals surface area (Å²) in [5.74, 6) is -1.37. The average molecular weight is 445 g/mol. The van der Waals surface area contributed by atoms with E-state index in [1.807, 2.05) is 65.1 Å². The molecule has 3 aromatic rings. The van der Waals surface area contributed by atoms with E-state index in [-0.39, 0.29) is 29.3 Å². The van der Waals surface area contributed by atoms with Gasteiger partial charge in [0.15, 0.2) is 12.4 Å². The molecule has 1 aliphatic heterocycles. The van der Waals surface area contributed by atoms with Crippen LogP contribution in [0.15, 0.2) is 48.8 Å². The van der Waals surface area contributed by atoms with E-state index in [2.05, 4.69) is 5.10 Å². The minimum Gasteiger partial charge on any atom is -0.858 e. The highest BCUT2D eigenvalue weighted by molar-refractivity contribution is 6.44. The molecule has 0 unspecified atom stereocenters. The van der Waals surface area contributed by atoms with Crippen molar-refractivity contribution in [3.8, 4) is 11.6 Å². The molecule has 0 fully saturated rings. The number of rotatable bonds is 6. The molecule has 0 atom stereocenters. The summed E-state index contributed by atoms with van der Waals surface area (Å²) >= 11 is 0. The number of benzene rings is 1. The van der Waals surface area contributed by atoms with Crippen molar-refractivity contribution in [3.63, 3.8) is 0 Å². The number of nitrogens with zero attached hydrogens (tertiary/aromatic N) is 4. The first-order chi connectivity index (χ1) is 15.8. The lowest BCUT2D eigenvalue weighted by molar-refractivity contribution is -0.577. The average Bonchev–Trinajstić information content (AvgIpc) is 3.25. The highest BCUT2D eigenvalue weighted by atomic mass is 16.3. The summed E-state index contributed by atoms with van der Waals surface area (Å²) in [5, 5.41) is 18.3. The van der Waals surface area contributed by atoms with E-state index in [4.69, 9.17) is 0 Å². The molecule has 0 aliphatic carbocycles. The van der Waals surface area contributed by atoms with Gasteiger partial charge >= 0.3 is 5.91 Å². The zero-order valence-electron chi connectivity index (χ0n) is 19.6. The van der Waals surface area contributed by atoms with Gasteiger partial charge in [-0.25, -0.2) is 4.68 Å². The molecule has 2 amide bonds. The molecule has 0 bridgehead atoms. The smallest absolute Gasteiger partial charge is 0.326 e. The largest absolute Gasteiger partial charge is 0.858 e. The summed E-state index contributed by atoms with van der Waals surface area (Å²) in [6.07, 6.45) is 4.21. The van der Waals surface area contributed by atoms with Gasteiger partial charge in [-0.2, -0.15) is 9.67 Å². The second-order valence-corrected chi connectivity index (χ2v) is 8.67. The van der Waals surface area contributed by atoms with Gasteiger partial charge in [-0.3, -0.25) is 14.5 Å². The maximum atomic E-state index is 13.7. The fraction of sp³-hybridized carbons (Fsp3) is 0.308. The third-order valence-electron chi connectivity index (χ3n) is 5.96. The monoisotopic (exact) mass is 444 g/mol. The molecule has 33 heavy (non-hydrogen) atoms. The van der Waals surface area contributed by atoms with Gasteiger partial charge in [0.25, 0.3) is 11.6 Å². The number of hydrogen-bond donors (Lipinski definition) is 0. The van der Waals surface area contributed by atoms with Crippen LogP contribution in [0.4, 0.5) is 0 Å². The number of aromatic nitrogens is 3. The molecule has 7 heteroatoms. The van der Waals surface area contributed by atoms with Gasteiger partial charge in [-0.15, -0.1) is 0 Å². The maximum absolute atomic E-state index is 13.7. The van der Waals surface area contributed by atoms with Crippen molar-refractivity contribution in [2.75, 3.05) is 6.54 Å². The van der Waals surface area contributed by atoms with Crippen molar-refractivity contribution in [2.24, 2.45) is 0 Å². The first kappa shape index (κ1) is 22.5. The highest BCUT2D eigenvalue weighted by Gasteiger charge is 2.46. The summed E-state index contributed by atoms with van der Waals surface area (Å²) in [6, 6.07) is 11.0. The second kappa shape index (κ2) is 8.65. The Hall–Kier alpha value is -3.74. The Bertz CT molecular complexity index is 1270. The van der Waals surface area contributed by atoms with Gasteiger partial charge in [0.1, 0.15) is 5.57 Å². The van der Waals surface area contributed by atoms with Gasteiger partial charge in [0, 0.05) is 23.7 Å². The summed E-state index contributed by atoms with van der Waals surface area (Å²) in [7, 11) is 0. The van der Waals surface area contributed by atoms with Crippen molar-refractivity contribution >= 4 is 23.1 Å². The van der Waals surface area contributed by atoms with E-state index in [0.29, 0.717) is 17.8 Å². The SMILES string of the molecule is CCCN1C(=O)C(c2c(C(C)C)nn(-c3ccccc3)c2[O-])=C([n+]2ccc(C)c(C)c2)C1=O. The zero-order chi connectivity index (χ0) is 23.9. The minimum absolute atomic E-state index is 0.123. The van der Waals surface area contributed by atoms with E-state index in [1.165, 1.54) is 9.58 Å². The normalized spacial score (nSPS) is 14.2. The Morgan fingerprint density at radius 1 is 1.03 bits per heavy atom. The summed E-state index contributed by atoms with van der Waals surface area (Å²) in [5.41, 5.74) is 3.68.